The van der Waals surface area contributed by atoms with E-state index in [0.717, 1.165) is 27.9 Å². The summed E-state index contributed by atoms with van der Waals surface area (Å²) in [7, 11) is -4.41. The number of aliphatic hydroxyl groups excluding tert-OH is 1. The summed E-state index contributed by atoms with van der Waals surface area (Å²) < 4.78 is 33.9. The first-order valence-electron chi connectivity index (χ1n) is 10.7. The van der Waals surface area contributed by atoms with Gasteiger partial charge >= 0.3 is 10.3 Å². The number of ketones is 1. The largest absolute Gasteiger partial charge is 0.393 e. The summed E-state index contributed by atoms with van der Waals surface area (Å²) in [5.41, 5.74) is 8.10. The molecule has 0 saturated heterocycles. The van der Waals surface area contributed by atoms with Crippen molar-refractivity contribution in [2.24, 2.45) is 11.7 Å². The van der Waals surface area contributed by atoms with Gasteiger partial charge in [-0.3, -0.25) is 9.35 Å². The Morgan fingerprint density at radius 3 is 2.83 bits per heavy atom. The van der Waals surface area contributed by atoms with E-state index >= 15 is 0 Å². The lowest BCUT2D eigenvalue weighted by Crippen LogP contribution is -2.27. The monoisotopic (exact) mass is 614 g/mol. The van der Waals surface area contributed by atoms with E-state index < -0.39 is 28.4 Å². The van der Waals surface area contributed by atoms with Crippen molar-refractivity contribution in [2.45, 2.75) is 31.0 Å². The van der Waals surface area contributed by atoms with E-state index in [9.17, 15) is 18.3 Å². The molecule has 1 aliphatic carbocycles. The molecule has 2 aromatic heterocycles. The molecule has 2 heterocycles. The van der Waals surface area contributed by atoms with E-state index in [1.165, 1.54) is 12.5 Å². The lowest BCUT2D eigenvalue weighted by atomic mass is 10.0. The standard InChI is InChI=1S/C22H22BrClN5O5S2/c23-13-3-1-2-11(4-13)19(25)15-7-18(35-21(15)24)20(31)16-9-26-10-27-22(16)29-14-5-12(17(30)6-14)8-28-36(32,33)34/h1-4,7-10,12,14,17,19,28,30H,5-6,25H2,(H,26,27,29)(H,32,33,34)/t12-,14-,17+,19+/m1/s1. The van der Waals surface area contributed by atoms with Crippen molar-refractivity contribution in [3.05, 3.63) is 79.8 Å². The number of halogens is 2. The second-order valence-corrected chi connectivity index (χ2v) is 12.0. The first kappa shape index (κ1) is 27.1. The predicted octanol–water partition coefficient (Wildman–Crippen LogP) is 3.34. The molecular weight excluding hydrogens is 594 g/mol. The molecule has 1 aliphatic rings. The topological polar surface area (TPSA) is 168 Å². The van der Waals surface area contributed by atoms with Crippen LogP contribution in [0.15, 0.2) is 47.3 Å². The van der Waals surface area contributed by atoms with Crippen LogP contribution in [0.5, 0.6) is 0 Å². The Morgan fingerprint density at radius 1 is 1.33 bits per heavy atom. The summed E-state index contributed by atoms with van der Waals surface area (Å²) in [4.78, 5) is 21.9. The van der Waals surface area contributed by atoms with Gasteiger partial charge < -0.3 is 16.2 Å². The van der Waals surface area contributed by atoms with Gasteiger partial charge in [-0.25, -0.2) is 9.97 Å². The van der Waals surface area contributed by atoms with Gasteiger partial charge in [0.25, 0.3) is 0 Å². The average Bonchev–Trinajstić information content (AvgIpc) is 3.38. The molecule has 14 heteroatoms. The Morgan fingerprint density at radius 2 is 2.11 bits per heavy atom. The number of carbonyl (C=O) groups is 1. The molecule has 1 fully saturated rings. The molecule has 1 radical (unpaired) electrons. The minimum atomic E-state index is -4.41. The maximum atomic E-state index is 13.4. The van der Waals surface area contributed by atoms with E-state index in [0.29, 0.717) is 21.2 Å². The van der Waals surface area contributed by atoms with Gasteiger partial charge in [0.15, 0.2) is 0 Å². The molecular formula is C22H22BrClN5O5S2. The minimum absolute atomic E-state index is 0.218. The molecule has 36 heavy (non-hydrogen) atoms. The van der Waals surface area contributed by atoms with Gasteiger partial charge in [-0.05, 0) is 36.6 Å². The lowest BCUT2D eigenvalue weighted by Gasteiger charge is -2.15. The quantitative estimate of drug-likeness (QED) is 0.179. The van der Waals surface area contributed by atoms with Crippen molar-refractivity contribution in [1.82, 2.24) is 14.7 Å². The Kier molecular flexibility index (Phi) is 8.42. The van der Waals surface area contributed by atoms with Gasteiger partial charge in [0.05, 0.1) is 26.9 Å². The van der Waals surface area contributed by atoms with Crippen LogP contribution in [-0.4, -0.2) is 46.0 Å². The van der Waals surface area contributed by atoms with Crippen LogP contribution in [0.4, 0.5) is 5.82 Å². The normalized spacial score (nSPS) is 20.9. The third-order valence-electron chi connectivity index (χ3n) is 5.79. The Hall–Kier alpha value is -1.97. The molecule has 10 nitrogen and oxygen atoms in total. The molecule has 6 N–H and O–H groups in total. The summed E-state index contributed by atoms with van der Waals surface area (Å²) in [5.74, 6) is -0.603. The van der Waals surface area contributed by atoms with Crippen LogP contribution >= 0.6 is 38.9 Å². The summed E-state index contributed by atoms with van der Waals surface area (Å²) in [6, 6.07) is 8.36. The van der Waals surface area contributed by atoms with E-state index in [1.807, 2.05) is 29.0 Å². The summed E-state index contributed by atoms with van der Waals surface area (Å²) in [6.45, 7) is 1.14. The molecule has 0 aliphatic heterocycles. The molecule has 4 rings (SSSR count). The van der Waals surface area contributed by atoms with Crippen LogP contribution in [-0.2, 0) is 10.3 Å². The zero-order valence-electron chi connectivity index (χ0n) is 18.5. The number of nitrogens with one attached hydrogen (secondary N) is 2. The fourth-order valence-electron chi connectivity index (χ4n) is 4.04. The second kappa shape index (κ2) is 11.2. The van der Waals surface area contributed by atoms with Crippen LogP contribution in [0.3, 0.4) is 0 Å². The second-order valence-electron chi connectivity index (χ2n) is 8.29. The van der Waals surface area contributed by atoms with Gasteiger partial charge in [0.2, 0.25) is 5.78 Å². The lowest BCUT2D eigenvalue weighted by molar-refractivity contribution is 0.104. The number of carbonyl (C=O) groups excluding carboxylic acids is 1. The summed E-state index contributed by atoms with van der Waals surface area (Å²) in [5, 5.41) is 13.4. The van der Waals surface area contributed by atoms with Crippen LogP contribution in [0, 0.1) is 12.5 Å². The molecule has 0 amide bonds. The van der Waals surface area contributed by atoms with E-state index in [-0.39, 0.29) is 29.6 Å². The number of aliphatic hydroxyl groups is 1. The molecule has 0 spiro atoms. The van der Waals surface area contributed by atoms with Crippen LogP contribution in [0.25, 0.3) is 0 Å². The molecule has 1 aromatic carbocycles. The number of aromatic nitrogens is 2. The third kappa shape index (κ3) is 6.47. The van der Waals surface area contributed by atoms with Crippen LogP contribution < -0.4 is 15.8 Å². The number of rotatable bonds is 9. The average molecular weight is 616 g/mol. The Bertz CT molecular complexity index is 1370. The fraction of sp³-hybridized carbons (Fsp3) is 0.273. The first-order valence-corrected chi connectivity index (χ1v) is 14.1. The highest BCUT2D eigenvalue weighted by molar-refractivity contribution is 9.10. The smallest absolute Gasteiger partial charge is 0.333 e. The number of hydrogen-bond donors (Lipinski definition) is 5. The highest BCUT2D eigenvalue weighted by Gasteiger charge is 2.34. The fourth-order valence-corrected chi connectivity index (χ4v) is 6.11. The third-order valence-corrected chi connectivity index (χ3v) is 8.10. The number of nitrogens with two attached hydrogens (primary N) is 1. The Labute approximate surface area is 225 Å². The highest BCUT2D eigenvalue weighted by atomic mass is 79.9. The SMILES string of the molecule is N[C@@H](c1cccc(Br)c1)c1cc(C(=O)c2cncnc2N[C@H]2C[C@H](O)[C@@H]([CH]NS(=O)(=O)O)C2)sc1Cl. The molecule has 1 saturated carbocycles. The number of benzene rings is 1. The van der Waals surface area contributed by atoms with Crippen molar-refractivity contribution in [2.75, 3.05) is 5.32 Å². The Balaban J connectivity index is 1.51. The zero-order valence-corrected chi connectivity index (χ0v) is 22.5. The minimum Gasteiger partial charge on any atom is -0.393 e. The van der Waals surface area contributed by atoms with Crippen molar-refractivity contribution in [1.29, 1.82) is 0 Å². The molecule has 0 unspecified atom stereocenters. The van der Waals surface area contributed by atoms with Gasteiger partial charge in [0.1, 0.15) is 12.1 Å². The van der Waals surface area contributed by atoms with Crippen molar-refractivity contribution in [3.8, 4) is 0 Å². The van der Waals surface area contributed by atoms with Crippen LogP contribution in [0.1, 0.15) is 45.2 Å². The van der Waals surface area contributed by atoms with Crippen molar-refractivity contribution in [3.63, 3.8) is 0 Å². The zero-order chi connectivity index (χ0) is 26.0. The summed E-state index contributed by atoms with van der Waals surface area (Å²) in [6.07, 6.45) is 2.47. The van der Waals surface area contributed by atoms with Crippen molar-refractivity contribution >= 4 is 60.8 Å². The first-order chi connectivity index (χ1) is 17.0. The maximum absolute atomic E-state index is 13.4. The predicted molar refractivity (Wildman–Crippen MR) is 140 cm³/mol. The molecule has 191 valence electrons. The van der Waals surface area contributed by atoms with Gasteiger partial charge in [-0.1, -0.05) is 39.7 Å². The van der Waals surface area contributed by atoms with Crippen LogP contribution in [0.2, 0.25) is 4.34 Å². The van der Waals surface area contributed by atoms with Gasteiger partial charge in [-0.15, -0.1) is 11.3 Å². The molecule has 0 bridgehead atoms. The number of anilines is 1. The van der Waals surface area contributed by atoms with Gasteiger partial charge in [0, 0.05) is 34.7 Å². The van der Waals surface area contributed by atoms with E-state index in [1.54, 1.807) is 6.07 Å². The van der Waals surface area contributed by atoms with Crippen molar-refractivity contribution < 1.29 is 22.9 Å². The summed E-state index contributed by atoms with van der Waals surface area (Å²) >= 11 is 11.0. The van der Waals surface area contributed by atoms with Gasteiger partial charge in [-0.2, -0.15) is 13.1 Å². The van der Waals surface area contributed by atoms with E-state index in [4.69, 9.17) is 21.9 Å². The molecule has 3 aromatic rings. The number of nitrogens with zero attached hydrogens (tertiary/aromatic N) is 2. The maximum Gasteiger partial charge on any atom is 0.333 e. The number of thiophene rings is 1. The van der Waals surface area contributed by atoms with E-state index in [2.05, 4.69) is 31.2 Å². The molecule has 4 atom stereocenters. The number of hydrogen-bond acceptors (Lipinski definition) is 9. The highest BCUT2D eigenvalue weighted by Crippen LogP contribution is 2.36.